The second-order valence-corrected chi connectivity index (χ2v) is 8.55. The van der Waals surface area contributed by atoms with Crippen molar-refractivity contribution in [3.8, 4) is 0 Å². The fourth-order valence-electron chi connectivity index (χ4n) is 2.98. The van der Waals surface area contributed by atoms with Crippen LogP contribution in [-0.2, 0) is 6.42 Å². The van der Waals surface area contributed by atoms with Crippen LogP contribution >= 0.6 is 23.4 Å². The number of halogens is 1. The summed E-state index contributed by atoms with van der Waals surface area (Å²) in [4.78, 5) is 18.5. The number of hydrogen-bond acceptors (Lipinski definition) is 3. The normalized spacial score (nSPS) is 12.4. The SMILES string of the molecule is CCNC(=NCC(SC)c1cccc(Cl)c1)NCCc1cccc(C(=O)N(C)C)c1. The van der Waals surface area contributed by atoms with Crippen LogP contribution < -0.4 is 10.6 Å². The molecule has 2 aromatic rings. The van der Waals surface area contributed by atoms with Crippen LogP contribution in [-0.4, -0.2) is 56.8 Å². The molecule has 0 aromatic heterocycles. The number of amides is 1. The van der Waals surface area contributed by atoms with Crippen molar-refractivity contribution in [2.75, 3.05) is 40.0 Å². The van der Waals surface area contributed by atoms with Crippen LogP contribution in [0.3, 0.4) is 0 Å². The van der Waals surface area contributed by atoms with Gasteiger partial charge in [0.25, 0.3) is 5.91 Å². The first kappa shape index (κ1) is 24.1. The van der Waals surface area contributed by atoms with E-state index in [-0.39, 0.29) is 11.2 Å². The molecule has 0 heterocycles. The summed E-state index contributed by atoms with van der Waals surface area (Å²) in [5.74, 6) is 0.808. The van der Waals surface area contributed by atoms with Gasteiger partial charge in [0, 0.05) is 43.0 Å². The predicted octanol–water partition coefficient (Wildman–Crippen LogP) is 4.24. The van der Waals surface area contributed by atoms with Gasteiger partial charge in [-0.1, -0.05) is 35.9 Å². The van der Waals surface area contributed by atoms with Crippen LogP contribution in [0.1, 0.15) is 33.7 Å². The molecule has 1 unspecified atom stereocenters. The Kier molecular flexibility index (Phi) is 10.0. The van der Waals surface area contributed by atoms with Crippen molar-refractivity contribution >= 4 is 35.2 Å². The first-order valence-corrected chi connectivity index (χ1v) is 11.7. The lowest BCUT2D eigenvalue weighted by molar-refractivity contribution is 0.0827. The number of aliphatic imine (C=N–C) groups is 1. The largest absolute Gasteiger partial charge is 0.357 e. The summed E-state index contributed by atoms with van der Waals surface area (Å²) in [5.41, 5.74) is 3.01. The van der Waals surface area contributed by atoms with E-state index in [0.717, 1.165) is 36.1 Å². The Bertz CT molecular complexity index is 857. The maximum Gasteiger partial charge on any atom is 0.253 e. The third-order valence-corrected chi connectivity index (χ3v) is 5.78. The molecule has 0 fully saturated rings. The van der Waals surface area contributed by atoms with Crippen LogP contribution in [0.4, 0.5) is 0 Å². The summed E-state index contributed by atoms with van der Waals surface area (Å²) in [5, 5.41) is 7.68. The molecule has 7 heteroatoms. The van der Waals surface area contributed by atoms with Gasteiger partial charge in [0.05, 0.1) is 6.54 Å². The molecule has 2 N–H and O–H groups in total. The van der Waals surface area contributed by atoms with Gasteiger partial charge >= 0.3 is 0 Å². The van der Waals surface area contributed by atoms with Gasteiger partial charge in [-0.05, 0) is 55.0 Å². The van der Waals surface area contributed by atoms with Gasteiger partial charge in [-0.25, -0.2) is 0 Å². The lowest BCUT2D eigenvalue weighted by atomic mass is 10.1. The van der Waals surface area contributed by atoms with E-state index in [1.165, 1.54) is 5.56 Å². The van der Waals surface area contributed by atoms with E-state index in [1.807, 2.05) is 42.5 Å². The number of nitrogens with one attached hydrogen (secondary N) is 2. The third kappa shape index (κ3) is 7.58. The summed E-state index contributed by atoms with van der Waals surface area (Å²) < 4.78 is 0. The molecule has 0 saturated carbocycles. The first-order chi connectivity index (χ1) is 14.4. The lowest BCUT2D eigenvalue weighted by Crippen LogP contribution is -2.38. The Hall–Kier alpha value is -2.18. The summed E-state index contributed by atoms with van der Waals surface area (Å²) >= 11 is 7.90. The smallest absolute Gasteiger partial charge is 0.253 e. The van der Waals surface area contributed by atoms with Crippen LogP contribution in [0.5, 0.6) is 0 Å². The number of guanidine groups is 1. The fraction of sp³-hybridized carbons (Fsp3) is 0.391. The first-order valence-electron chi connectivity index (χ1n) is 10.1. The maximum atomic E-state index is 12.2. The zero-order chi connectivity index (χ0) is 21.9. The van der Waals surface area contributed by atoms with Crippen LogP contribution in [0, 0.1) is 0 Å². The van der Waals surface area contributed by atoms with E-state index < -0.39 is 0 Å². The maximum absolute atomic E-state index is 12.2. The highest BCUT2D eigenvalue weighted by Gasteiger charge is 2.11. The number of benzene rings is 2. The molecule has 2 aromatic carbocycles. The van der Waals surface area contributed by atoms with Gasteiger partial charge in [-0.3, -0.25) is 9.79 Å². The molecular weight excluding hydrogens is 416 g/mol. The van der Waals surface area contributed by atoms with Gasteiger partial charge in [0.1, 0.15) is 0 Å². The Balaban J connectivity index is 1.97. The Morgan fingerprint density at radius 3 is 2.60 bits per heavy atom. The predicted molar refractivity (Wildman–Crippen MR) is 130 cm³/mol. The lowest BCUT2D eigenvalue weighted by Gasteiger charge is -2.16. The van der Waals surface area contributed by atoms with Gasteiger partial charge in [0.15, 0.2) is 5.96 Å². The van der Waals surface area contributed by atoms with Gasteiger partial charge in [0.2, 0.25) is 0 Å². The summed E-state index contributed by atoms with van der Waals surface area (Å²) in [7, 11) is 3.53. The molecule has 0 radical (unpaired) electrons. The van der Waals surface area contributed by atoms with Crippen molar-refractivity contribution in [1.29, 1.82) is 0 Å². The van der Waals surface area contributed by atoms with Crippen molar-refractivity contribution < 1.29 is 4.79 Å². The molecule has 0 spiro atoms. The minimum atomic E-state index is 0.0174. The van der Waals surface area contributed by atoms with Gasteiger partial charge in [-0.15, -0.1) is 0 Å². The van der Waals surface area contributed by atoms with Crippen LogP contribution in [0.2, 0.25) is 5.02 Å². The molecule has 0 aliphatic carbocycles. The molecule has 1 amide bonds. The van der Waals surface area contributed by atoms with E-state index in [4.69, 9.17) is 16.6 Å². The fourth-order valence-corrected chi connectivity index (χ4v) is 3.82. The topological polar surface area (TPSA) is 56.7 Å². The second kappa shape index (κ2) is 12.5. The Morgan fingerprint density at radius 1 is 1.17 bits per heavy atom. The molecule has 0 aliphatic rings. The zero-order valence-electron chi connectivity index (χ0n) is 18.1. The Morgan fingerprint density at radius 2 is 1.93 bits per heavy atom. The average molecular weight is 447 g/mol. The summed E-state index contributed by atoms with van der Waals surface area (Å²) in [6.07, 6.45) is 2.89. The van der Waals surface area contributed by atoms with E-state index in [1.54, 1.807) is 30.8 Å². The average Bonchev–Trinajstić information content (AvgIpc) is 2.73. The summed E-state index contributed by atoms with van der Waals surface area (Å²) in [6, 6.07) is 15.7. The minimum Gasteiger partial charge on any atom is -0.357 e. The second-order valence-electron chi connectivity index (χ2n) is 7.08. The van der Waals surface area contributed by atoms with E-state index >= 15 is 0 Å². The molecule has 1 atom stereocenters. The number of carbonyl (C=O) groups excluding carboxylic acids is 1. The monoisotopic (exact) mass is 446 g/mol. The molecule has 2 rings (SSSR count). The van der Waals surface area contributed by atoms with Gasteiger partial charge < -0.3 is 15.5 Å². The number of carbonyl (C=O) groups is 1. The molecule has 0 aliphatic heterocycles. The third-order valence-electron chi connectivity index (χ3n) is 4.55. The quantitative estimate of drug-likeness (QED) is 0.446. The van der Waals surface area contributed by atoms with Crippen LogP contribution in [0.15, 0.2) is 53.5 Å². The number of thioether (sulfide) groups is 1. The van der Waals surface area contributed by atoms with E-state index in [2.05, 4.69) is 29.9 Å². The highest BCUT2D eigenvalue weighted by Crippen LogP contribution is 2.28. The number of rotatable bonds is 9. The number of hydrogen-bond donors (Lipinski definition) is 2. The van der Waals surface area contributed by atoms with Crippen molar-refractivity contribution in [2.45, 2.75) is 18.6 Å². The molecule has 30 heavy (non-hydrogen) atoms. The minimum absolute atomic E-state index is 0.0174. The number of nitrogens with zero attached hydrogens (tertiary/aromatic N) is 2. The zero-order valence-corrected chi connectivity index (χ0v) is 19.7. The highest BCUT2D eigenvalue weighted by molar-refractivity contribution is 7.98. The molecule has 5 nitrogen and oxygen atoms in total. The van der Waals surface area contributed by atoms with Gasteiger partial charge in [-0.2, -0.15) is 11.8 Å². The highest BCUT2D eigenvalue weighted by atomic mass is 35.5. The molecular formula is C23H31ClN4OS. The van der Waals surface area contributed by atoms with Crippen molar-refractivity contribution in [3.63, 3.8) is 0 Å². The Labute approximate surface area is 189 Å². The standard InChI is InChI=1S/C23H31ClN4OS/c1-5-25-23(27-16-21(30-4)18-9-7-11-20(24)15-18)26-13-12-17-8-6-10-19(14-17)22(29)28(2)3/h6-11,14-15,21H,5,12-13,16H2,1-4H3,(H2,25,26,27). The van der Waals surface area contributed by atoms with E-state index in [0.29, 0.717) is 12.1 Å². The summed E-state index contributed by atoms with van der Waals surface area (Å²) in [6.45, 7) is 4.23. The van der Waals surface area contributed by atoms with Crippen molar-refractivity contribution in [2.24, 2.45) is 4.99 Å². The van der Waals surface area contributed by atoms with Crippen molar-refractivity contribution in [1.82, 2.24) is 15.5 Å². The molecule has 162 valence electrons. The molecule has 0 bridgehead atoms. The molecule has 0 saturated heterocycles. The van der Waals surface area contributed by atoms with Crippen molar-refractivity contribution in [3.05, 3.63) is 70.2 Å². The van der Waals surface area contributed by atoms with Crippen LogP contribution in [0.25, 0.3) is 0 Å². The van der Waals surface area contributed by atoms with E-state index in [9.17, 15) is 4.79 Å².